The van der Waals surface area contributed by atoms with Gasteiger partial charge in [-0.2, -0.15) is 4.98 Å². The van der Waals surface area contributed by atoms with Crippen molar-refractivity contribution < 1.29 is 14.3 Å². The highest BCUT2D eigenvalue weighted by Gasteiger charge is 2.19. The van der Waals surface area contributed by atoms with Gasteiger partial charge in [-0.3, -0.25) is 4.79 Å². The molecule has 1 aromatic heterocycles. The van der Waals surface area contributed by atoms with Gasteiger partial charge < -0.3 is 21.1 Å². The molecule has 184 valence electrons. The molecule has 8 heteroatoms. The van der Waals surface area contributed by atoms with Gasteiger partial charge in [-0.05, 0) is 75.5 Å². The number of halogens is 1. The second kappa shape index (κ2) is 10.8. The van der Waals surface area contributed by atoms with E-state index < -0.39 is 11.6 Å². The summed E-state index contributed by atoms with van der Waals surface area (Å²) in [7, 11) is 0. The highest BCUT2D eigenvalue weighted by molar-refractivity contribution is 6.10. The van der Waals surface area contributed by atoms with Gasteiger partial charge in [0.1, 0.15) is 17.4 Å². The fourth-order valence-corrected chi connectivity index (χ4v) is 4.53. The quantitative estimate of drug-likeness (QED) is 0.317. The smallest absolute Gasteiger partial charge is 0.222 e. The Balaban J connectivity index is 1.50. The number of aromatic nitrogens is 2. The average molecular weight is 478 g/mol. The Morgan fingerprint density at radius 3 is 2.80 bits per heavy atom. The van der Waals surface area contributed by atoms with E-state index in [0.717, 1.165) is 31.6 Å². The number of phenolic OH excluding ortho intramolecular Hbond substituents is 1. The molecule has 0 aliphatic carbocycles. The lowest BCUT2D eigenvalue weighted by atomic mass is 9.98. The largest absolute Gasteiger partial charge is 0.507 e. The summed E-state index contributed by atoms with van der Waals surface area (Å²) in [5.41, 5.74) is 7.58. The lowest BCUT2D eigenvalue weighted by Gasteiger charge is -2.33. The van der Waals surface area contributed by atoms with Crippen LogP contribution < -0.4 is 11.1 Å². The number of nitrogens with zero attached hydrogens (tertiary/aromatic N) is 3. The van der Waals surface area contributed by atoms with Crippen molar-refractivity contribution in [1.29, 1.82) is 0 Å². The van der Waals surface area contributed by atoms with Crippen LogP contribution in [-0.4, -0.2) is 51.4 Å². The van der Waals surface area contributed by atoms with Crippen molar-refractivity contribution in [3.8, 4) is 17.0 Å². The summed E-state index contributed by atoms with van der Waals surface area (Å²) < 4.78 is 14.4. The minimum atomic E-state index is -0.582. The SMILES string of the molecule is Cc1ccc(C(=O)c2ccc(O)c(-c3cc(NCCCN4CCCCC4C)nc(N)n3)c2)c(F)c1. The molecule has 1 aliphatic rings. The van der Waals surface area contributed by atoms with Crippen molar-refractivity contribution in [3.05, 3.63) is 65.0 Å². The highest BCUT2D eigenvalue weighted by atomic mass is 19.1. The number of rotatable bonds is 8. The van der Waals surface area contributed by atoms with Gasteiger partial charge in [-0.25, -0.2) is 9.37 Å². The monoisotopic (exact) mass is 477 g/mol. The van der Waals surface area contributed by atoms with Crippen LogP contribution in [0.3, 0.4) is 0 Å². The molecule has 1 atom stereocenters. The van der Waals surface area contributed by atoms with E-state index >= 15 is 0 Å². The molecule has 0 radical (unpaired) electrons. The van der Waals surface area contributed by atoms with Gasteiger partial charge >= 0.3 is 0 Å². The molecule has 0 saturated carbocycles. The molecular weight excluding hydrogens is 445 g/mol. The van der Waals surface area contributed by atoms with Crippen LogP contribution in [-0.2, 0) is 0 Å². The fourth-order valence-electron chi connectivity index (χ4n) is 4.53. The lowest BCUT2D eigenvalue weighted by molar-refractivity contribution is 0.103. The van der Waals surface area contributed by atoms with Gasteiger partial charge in [0, 0.05) is 36.3 Å². The number of carbonyl (C=O) groups is 1. The summed E-state index contributed by atoms with van der Waals surface area (Å²) in [6, 6.07) is 11.2. The van der Waals surface area contributed by atoms with Gasteiger partial charge in [0.2, 0.25) is 5.95 Å². The first-order chi connectivity index (χ1) is 16.8. The molecule has 4 rings (SSSR count). The zero-order valence-corrected chi connectivity index (χ0v) is 20.2. The van der Waals surface area contributed by atoms with E-state index in [9.17, 15) is 14.3 Å². The maximum atomic E-state index is 14.4. The van der Waals surface area contributed by atoms with Crippen LogP contribution in [0.1, 0.15) is 54.1 Å². The maximum Gasteiger partial charge on any atom is 0.222 e. The van der Waals surface area contributed by atoms with Crippen LogP contribution in [0.25, 0.3) is 11.3 Å². The molecule has 7 nitrogen and oxygen atoms in total. The van der Waals surface area contributed by atoms with E-state index in [4.69, 9.17) is 5.73 Å². The summed E-state index contributed by atoms with van der Waals surface area (Å²) in [5.74, 6) is -0.526. The summed E-state index contributed by atoms with van der Waals surface area (Å²) in [6.07, 6.45) is 4.77. The van der Waals surface area contributed by atoms with Gasteiger partial charge in [-0.1, -0.05) is 12.5 Å². The normalized spacial score (nSPS) is 16.3. The number of aryl methyl sites for hydroxylation is 1. The van der Waals surface area contributed by atoms with Crippen molar-refractivity contribution in [2.24, 2.45) is 0 Å². The summed E-state index contributed by atoms with van der Waals surface area (Å²) in [5, 5.41) is 13.8. The molecule has 4 N–H and O–H groups in total. The number of likely N-dealkylation sites (tertiary alicyclic amines) is 1. The number of ketones is 1. The molecule has 2 heterocycles. The summed E-state index contributed by atoms with van der Waals surface area (Å²) in [6.45, 7) is 6.92. The van der Waals surface area contributed by atoms with E-state index in [1.165, 1.54) is 49.6 Å². The van der Waals surface area contributed by atoms with Gasteiger partial charge in [0.15, 0.2) is 5.78 Å². The number of nitrogen functional groups attached to an aromatic ring is 1. The third-order valence-electron chi connectivity index (χ3n) is 6.52. The highest BCUT2D eigenvalue weighted by Crippen LogP contribution is 2.31. The van der Waals surface area contributed by atoms with Crippen LogP contribution in [0.4, 0.5) is 16.2 Å². The van der Waals surface area contributed by atoms with Gasteiger partial charge in [0.05, 0.1) is 11.3 Å². The first-order valence-corrected chi connectivity index (χ1v) is 12.1. The molecule has 0 bridgehead atoms. The zero-order valence-electron chi connectivity index (χ0n) is 20.2. The summed E-state index contributed by atoms with van der Waals surface area (Å²) in [4.78, 5) is 24.0. The third-order valence-corrected chi connectivity index (χ3v) is 6.52. The fraction of sp³-hybridized carbons (Fsp3) is 0.370. The molecule has 2 aromatic carbocycles. The van der Waals surface area contributed by atoms with Crippen LogP contribution in [0.2, 0.25) is 0 Å². The minimum absolute atomic E-state index is 0.0279. The molecule has 1 aliphatic heterocycles. The molecule has 3 aromatic rings. The number of phenols is 1. The Bertz CT molecular complexity index is 1220. The standard InChI is InChI=1S/C27H32FN5O2/c1-17-7-9-20(22(28)14-17)26(35)19-8-10-24(34)21(15-19)23-16-25(32-27(29)31-23)30-11-5-13-33-12-4-3-6-18(33)2/h7-10,14-16,18,34H,3-6,11-13H2,1-2H3,(H3,29,30,31,32). The van der Waals surface area contributed by atoms with Crippen LogP contribution >= 0.6 is 0 Å². The number of nitrogens with two attached hydrogens (primary N) is 1. The van der Waals surface area contributed by atoms with E-state index in [0.29, 0.717) is 23.1 Å². The van der Waals surface area contributed by atoms with Crippen molar-refractivity contribution >= 4 is 17.5 Å². The van der Waals surface area contributed by atoms with Crippen LogP contribution in [0.15, 0.2) is 42.5 Å². The first kappa shape index (κ1) is 24.6. The molecule has 35 heavy (non-hydrogen) atoms. The molecule has 1 fully saturated rings. The second-order valence-corrected chi connectivity index (χ2v) is 9.20. The lowest BCUT2D eigenvalue weighted by Crippen LogP contribution is -2.38. The number of aromatic hydroxyl groups is 1. The average Bonchev–Trinajstić information content (AvgIpc) is 2.82. The van der Waals surface area contributed by atoms with Crippen molar-refractivity contribution in [2.75, 3.05) is 30.7 Å². The molecule has 1 unspecified atom stereocenters. The third kappa shape index (κ3) is 5.95. The molecular formula is C27H32FN5O2. The molecule has 1 saturated heterocycles. The Morgan fingerprint density at radius 1 is 1.20 bits per heavy atom. The van der Waals surface area contributed by atoms with Crippen LogP contribution in [0, 0.1) is 12.7 Å². The van der Waals surface area contributed by atoms with Crippen LogP contribution in [0.5, 0.6) is 5.75 Å². The van der Waals surface area contributed by atoms with E-state index in [1.54, 1.807) is 19.1 Å². The number of anilines is 2. The number of hydrogen-bond acceptors (Lipinski definition) is 7. The van der Waals surface area contributed by atoms with Crippen molar-refractivity contribution in [3.63, 3.8) is 0 Å². The Labute approximate surface area is 205 Å². The molecule has 0 amide bonds. The van der Waals surface area contributed by atoms with Crippen molar-refractivity contribution in [2.45, 2.75) is 45.6 Å². The number of benzene rings is 2. The number of piperidine rings is 1. The Kier molecular flexibility index (Phi) is 7.60. The van der Waals surface area contributed by atoms with E-state index in [-0.39, 0.29) is 22.8 Å². The Morgan fingerprint density at radius 2 is 2.03 bits per heavy atom. The van der Waals surface area contributed by atoms with Crippen molar-refractivity contribution in [1.82, 2.24) is 14.9 Å². The number of nitrogens with one attached hydrogen (secondary N) is 1. The number of carbonyl (C=O) groups excluding carboxylic acids is 1. The predicted molar refractivity (Wildman–Crippen MR) is 136 cm³/mol. The Hall–Kier alpha value is -3.52. The van der Waals surface area contributed by atoms with E-state index in [2.05, 4.69) is 27.1 Å². The van der Waals surface area contributed by atoms with Gasteiger partial charge in [-0.15, -0.1) is 0 Å². The molecule has 0 spiro atoms. The zero-order chi connectivity index (χ0) is 24.9. The maximum absolute atomic E-state index is 14.4. The second-order valence-electron chi connectivity index (χ2n) is 9.20. The number of hydrogen-bond donors (Lipinski definition) is 3. The predicted octanol–water partition coefficient (Wildman–Crippen LogP) is 4.79. The topological polar surface area (TPSA) is 104 Å². The van der Waals surface area contributed by atoms with E-state index in [1.807, 2.05) is 0 Å². The summed E-state index contributed by atoms with van der Waals surface area (Å²) >= 11 is 0. The van der Waals surface area contributed by atoms with Gasteiger partial charge in [0.25, 0.3) is 0 Å². The first-order valence-electron chi connectivity index (χ1n) is 12.1. The minimum Gasteiger partial charge on any atom is -0.507 e.